The van der Waals surface area contributed by atoms with Crippen molar-refractivity contribution >= 4 is 5.91 Å². The largest absolute Gasteiger partial charge is 0.396 e. The van der Waals surface area contributed by atoms with Crippen molar-refractivity contribution in [1.29, 1.82) is 0 Å². The number of aliphatic hydroxyl groups is 1. The summed E-state index contributed by atoms with van der Waals surface area (Å²) < 4.78 is 11.0. The van der Waals surface area contributed by atoms with Crippen molar-refractivity contribution < 1.29 is 19.4 Å². The van der Waals surface area contributed by atoms with E-state index in [2.05, 4.69) is 5.32 Å². The van der Waals surface area contributed by atoms with Gasteiger partial charge in [0.05, 0.1) is 6.61 Å². The lowest BCUT2D eigenvalue weighted by Gasteiger charge is -2.38. The van der Waals surface area contributed by atoms with Crippen molar-refractivity contribution in [1.82, 2.24) is 5.32 Å². The van der Waals surface area contributed by atoms with E-state index in [-0.39, 0.29) is 17.9 Å². The molecular formula is C14H25NO4. The number of ether oxygens (including phenoxy) is 2. The first-order chi connectivity index (χ1) is 9.10. The van der Waals surface area contributed by atoms with E-state index in [4.69, 9.17) is 9.47 Å². The zero-order valence-electron chi connectivity index (χ0n) is 11.7. The molecule has 0 aromatic carbocycles. The van der Waals surface area contributed by atoms with Gasteiger partial charge in [-0.05, 0) is 39.0 Å². The van der Waals surface area contributed by atoms with Crippen molar-refractivity contribution in [2.24, 2.45) is 5.41 Å². The van der Waals surface area contributed by atoms with Crippen LogP contribution in [-0.4, -0.2) is 49.6 Å². The van der Waals surface area contributed by atoms with E-state index in [9.17, 15) is 9.90 Å². The topological polar surface area (TPSA) is 67.8 Å². The van der Waals surface area contributed by atoms with Crippen LogP contribution in [0, 0.1) is 5.41 Å². The predicted octanol–water partition coefficient (Wildman–Crippen LogP) is 0.851. The van der Waals surface area contributed by atoms with E-state index in [0.717, 1.165) is 32.1 Å². The molecule has 0 saturated carbocycles. The summed E-state index contributed by atoms with van der Waals surface area (Å²) in [5.41, 5.74) is -0.918. The summed E-state index contributed by atoms with van der Waals surface area (Å²) >= 11 is 0. The fourth-order valence-electron chi connectivity index (χ4n) is 2.76. The van der Waals surface area contributed by atoms with Crippen LogP contribution in [-0.2, 0) is 14.3 Å². The highest BCUT2D eigenvalue weighted by Gasteiger charge is 2.38. The van der Waals surface area contributed by atoms with Crippen molar-refractivity contribution in [3.05, 3.63) is 0 Å². The van der Waals surface area contributed by atoms with Gasteiger partial charge in [0.25, 0.3) is 5.91 Å². The molecule has 2 N–H and O–H groups in total. The molecule has 2 fully saturated rings. The number of aliphatic hydroxyl groups excluding tert-OH is 1. The Bertz CT molecular complexity index is 307. The zero-order chi connectivity index (χ0) is 13.8. The van der Waals surface area contributed by atoms with Gasteiger partial charge in [0.2, 0.25) is 0 Å². The standard InChI is InChI=1S/C14H25NO4/c1-13(4-2-3-7-19-13)12(17)15-10-14(11-16)5-8-18-9-6-14/h16H,2-11H2,1H3,(H,15,17)/t13-/m1/s1. The van der Waals surface area contributed by atoms with E-state index in [1.54, 1.807) is 0 Å². The maximum atomic E-state index is 12.3. The second-order valence-electron chi connectivity index (χ2n) is 5.99. The lowest BCUT2D eigenvalue weighted by Crippen LogP contribution is -2.52. The van der Waals surface area contributed by atoms with Crippen LogP contribution in [0.15, 0.2) is 0 Å². The smallest absolute Gasteiger partial charge is 0.251 e. The molecule has 0 unspecified atom stereocenters. The Kier molecular flexibility index (Phi) is 4.81. The monoisotopic (exact) mass is 271 g/mol. The minimum absolute atomic E-state index is 0.0495. The van der Waals surface area contributed by atoms with Crippen LogP contribution in [0.25, 0.3) is 0 Å². The van der Waals surface area contributed by atoms with Gasteiger partial charge < -0.3 is 19.9 Å². The normalized spacial score (nSPS) is 30.8. The molecule has 1 atom stereocenters. The molecule has 2 aliphatic heterocycles. The maximum absolute atomic E-state index is 12.3. The van der Waals surface area contributed by atoms with Gasteiger partial charge in [-0.1, -0.05) is 0 Å². The molecule has 19 heavy (non-hydrogen) atoms. The molecule has 2 saturated heterocycles. The minimum Gasteiger partial charge on any atom is -0.396 e. The zero-order valence-corrected chi connectivity index (χ0v) is 11.7. The molecule has 5 heteroatoms. The molecule has 110 valence electrons. The third-order valence-corrected chi connectivity index (χ3v) is 4.46. The minimum atomic E-state index is -0.694. The summed E-state index contributed by atoms with van der Waals surface area (Å²) in [5.74, 6) is -0.0495. The van der Waals surface area contributed by atoms with Gasteiger partial charge in [-0.3, -0.25) is 4.79 Å². The predicted molar refractivity (Wildman–Crippen MR) is 70.8 cm³/mol. The highest BCUT2D eigenvalue weighted by molar-refractivity contribution is 5.84. The highest BCUT2D eigenvalue weighted by atomic mass is 16.5. The third kappa shape index (κ3) is 3.46. The van der Waals surface area contributed by atoms with Gasteiger partial charge in [-0.2, -0.15) is 0 Å². The first-order valence-corrected chi connectivity index (χ1v) is 7.21. The summed E-state index contributed by atoms with van der Waals surface area (Å²) in [6.07, 6.45) is 4.42. The van der Waals surface area contributed by atoms with Crippen molar-refractivity contribution in [2.45, 2.75) is 44.6 Å². The Labute approximate surface area is 114 Å². The van der Waals surface area contributed by atoms with Crippen LogP contribution >= 0.6 is 0 Å². The van der Waals surface area contributed by atoms with Crippen LogP contribution < -0.4 is 5.32 Å². The van der Waals surface area contributed by atoms with Crippen molar-refractivity contribution in [3.63, 3.8) is 0 Å². The maximum Gasteiger partial charge on any atom is 0.251 e. The molecule has 0 aromatic rings. The Morgan fingerprint density at radius 2 is 1.95 bits per heavy atom. The molecule has 5 nitrogen and oxygen atoms in total. The fraction of sp³-hybridized carbons (Fsp3) is 0.929. The van der Waals surface area contributed by atoms with Crippen molar-refractivity contribution in [3.8, 4) is 0 Å². The molecule has 0 bridgehead atoms. The van der Waals surface area contributed by atoms with Gasteiger partial charge in [0, 0.05) is 31.8 Å². The molecular weight excluding hydrogens is 246 g/mol. The number of nitrogens with one attached hydrogen (secondary N) is 1. The second kappa shape index (κ2) is 6.20. The van der Waals surface area contributed by atoms with E-state index in [1.165, 1.54) is 0 Å². The Hall–Kier alpha value is -0.650. The van der Waals surface area contributed by atoms with Gasteiger partial charge >= 0.3 is 0 Å². The SMILES string of the molecule is C[C@]1(C(=O)NCC2(CO)CCOCC2)CCCCO1. The second-order valence-corrected chi connectivity index (χ2v) is 5.99. The lowest BCUT2D eigenvalue weighted by molar-refractivity contribution is -0.151. The van der Waals surface area contributed by atoms with Gasteiger partial charge in [0.15, 0.2) is 0 Å². The van der Waals surface area contributed by atoms with E-state index < -0.39 is 5.60 Å². The summed E-state index contributed by atoms with van der Waals surface area (Å²) in [4.78, 5) is 12.3. The van der Waals surface area contributed by atoms with Crippen molar-refractivity contribution in [2.75, 3.05) is 33.0 Å². The number of carbonyl (C=O) groups excluding carboxylic acids is 1. The molecule has 2 rings (SSSR count). The van der Waals surface area contributed by atoms with Gasteiger partial charge in [0.1, 0.15) is 5.60 Å². The summed E-state index contributed by atoms with van der Waals surface area (Å²) in [6, 6.07) is 0. The molecule has 0 aromatic heterocycles. The average molecular weight is 271 g/mol. The quantitative estimate of drug-likeness (QED) is 0.795. The highest BCUT2D eigenvalue weighted by Crippen LogP contribution is 2.30. The van der Waals surface area contributed by atoms with Gasteiger partial charge in [-0.15, -0.1) is 0 Å². The van der Waals surface area contributed by atoms with Crippen LogP contribution in [0.5, 0.6) is 0 Å². The Morgan fingerprint density at radius 3 is 2.53 bits per heavy atom. The average Bonchev–Trinajstić information content (AvgIpc) is 2.46. The summed E-state index contributed by atoms with van der Waals surface area (Å²) in [6.45, 7) is 4.42. The summed E-state index contributed by atoms with van der Waals surface area (Å²) in [7, 11) is 0. The first kappa shape index (κ1) is 14.8. The Morgan fingerprint density at radius 1 is 1.21 bits per heavy atom. The van der Waals surface area contributed by atoms with Crippen LogP contribution in [0.3, 0.4) is 0 Å². The molecule has 0 radical (unpaired) electrons. The van der Waals surface area contributed by atoms with Crippen LogP contribution in [0.1, 0.15) is 39.0 Å². The molecule has 1 amide bonds. The van der Waals surface area contributed by atoms with E-state index in [1.807, 2.05) is 6.92 Å². The van der Waals surface area contributed by atoms with E-state index in [0.29, 0.717) is 26.4 Å². The molecule has 2 aliphatic rings. The van der Waals surface area contributed by atoms with Gasteiger partial charge in [-0.25, -0.2) is 0 Å². The molecule has 0 aliphatic carbocycles. The third-order valence-electron chi connectivity index (χ3n) is 4.46. The lowest BCUT2D eigenvalue weighted by atomic mass is 9.80. The fourth-order valence-corrected chi connectivity index (χ4v) is 2.76. The molecule has 0 spiro atoms. The number of amides is 1. The number of rotatable bonds is 4. The summed E-state index contributed by atoms with van der Waals surface area (Å²) in [5, 5.41) is 12.6. The van der Waals surface area contributed by atoms with E-state index >= 15 is 0 Å². The Balaban J connectivity index is 1.87. The number of hydrogen-bond donors (Lipinski definition) is 2. The van der Waals surface area contributed by atoms with Crippen LogP contribution in [0.2, 0.25) is 0 Å². The number of hydrogen-bond acceptors (Lipinski definition) is 4. The first-order valence-electron chi connectivity index (χ1n) is 7.21. The number of carbonyl (C=O) groups is 1. The van der Waals surface area contributed by atoms with Crippen LogP contribution in [0.4, 0.5) is 0 Å². The molecule has 2 heterocycles.